The van der Waals surface area contributed by atoms with Crippen LogP contribution in [0.4, 0.5) is 0 Å². The fourth-order valence-corrected chi connectivity index (χ4v) is 1.33. The van der Waals surface area contributed by atoms with Crippen LogP contribution < -0.4 is 11.1 Å². The van der Waals surface area contributed by atoms with Gasteiger partial charge < -0.3 is 20.7 Å². The van der Waals surface area contributed by atoms with Gasteiger partial charge in [0.1, 0.15) is 0 Å². The summed E-state index contributed by atoms with van der Waals surface area (Å²) in [5.41, 5.74) is 5.41. The summed E-state index contributed by atoms with van der Waals surface area (Å²) < 4.78 is 4.93. The predicted octanol–water partition coefficient (Wildman–Crippen LogP) is -0.745. The minimum absolute atomic E-state index is 0.324. The highest BCUT2D eigenvalue weighted by Gasteiger charge is 2.08. The third-order valence-corrected chi connectivity index (χ3v) is 2.31. The Morgan fingerprint density at radius 3 is 2.31 bits per heavy atom. The van der Waals surface area contributed by atoms with E-state index in [1.54, 1.807) is 0 Å². The van der Waals surface area contributed by atoms with E-state index in [2.05, 4.69) is 17.3 Å². The number of nitrogens with zero attached hydrogens (tertiary/aromatic N) is 1. The summed E-state index contributed by atoms with van der Waals surface area (Å²) in [5, 5.41) is 3.27. The van der Waals surface area contributed by atoms with Crippen LogP contribution >= 0.6 is 0 Å². The number of hydrogen-bond acceptors (Lipinski definition) is 4. The molecule has 4 heteroatoms. The van der Waals surface area contributed by atoms with Crippen molar-refractivity contribution in [2.45, 2.75) is 12.5 Å². The van der Waals surface area contributed by atoms with E-state index in [0.717, 1.165) is 32.7 Å². The van der Waals surface area contributed by atoms with E-state index in [0.29, 0.717) is 6.04 Å². The topological polar surface area (TPSA) is 50.5 Å². The third kappa shape index (κ3) is 5.21. The molecule has 0 amide bonds. The number of piperazine rings is 1. The molecule has 2 rings (SSSR count). The standard InChI is InChI=1S/C5H12N2.C4H9NO/c1-7-4-2-6-3-5-7;5-4-1-2-6-3-4/h6H,2-5H2,1H3;4H,1-3,5H2. The molecule has 2 fully saturated rings. The van der Waals surface area contributed by atoms with Gasteiger partial charge in [0.2, 0.25) is 0 Å². The zero-order valence-electron chi connectivity index (χ0n) is 8.46. The lowest BCUT2D eigenvalue weighted by Crippen LogP contribution is -2.40. The first-order valence-electron chi connectivity index (χ1n) is 5.01. The Balaban J connectivity index is 0.000000132. The van der Waals surface area contributed by atoms with Gasteiger partial charge in [0.25, 0.3) is 0 Å². The SMILES string of the molecule is CN1CCNCC1.NC1CCOC1. The number of hydrogen-bond donors (Lipinski definition) is 2. The second-order valence-corrected chi connectivity index (χ2v) is 3.68. The van der Waals surface area contributed by atoms with Crippen LogP contribution in [0.25, 0.3) is 0 Å². The minimum Gasteiger partial charge on any atom is -0.380 e. The molecule has 2 saturated heterocycles. The van der Waals surface area contributed by atoms with Crippen LogP contribution in [0.5, 0.6) is 0 Å². The van der Waals surface area contributed by atoms with Gasteiger partial charge in [-0.05, 0) is 13.5 Å². The van der Waals surface area contributed by atoms with Crippen molar-refractivity contribution in [3.63, 3.8) is 0 Å². The normalized spacial score (nSPS) is 29.5. The summed E-state index contributed by atoms with van der Waals surface area (Å²) >= 11 is 0. The van der Waals surface area contributed by atoms with E-state index >= 15 is 0 Å². The van der Waals surface area contributed by atoms with E-state index in [1.807, 2.05) is 0 Å². The first-order valence-corrected chi connectivity index (χ1v) is 5.01. The molecule has 1 unspecified atom stereocenters. The molecule has 2 aliphatic rings. The van der Waals surface area contributed by atoms with Crippen LogP contribution in [0.15, 0.2) is 0 Å². The molecule has 0 aliphatic carbocycles. The lowest BCUT2D eigenvalue weighted by atomic mass is 10.3. The maximum absolute atomic E-state index is 5.41. The fraction of sp³-hybridized carbons (Fsp3) is 1.00. The molecule has 0 aromatic carbocycles. The monoisotopic (exact) mass is 187 g/mol. The Bertz CT molecular complexity index is 120. The number of nitrogens with two attached hydrogens (primary N) is 1. The van der Waals surface area contributed by atoms with Crippen LogP contribution in [0.3, 0.4) is 0 Å². The maximum atomic E-state index is 5.41. The molecule has 4 nitrogen and oxygen atoms in total. The van der Waals surface area contributed by atoms with E-state index in [1.165, 1.54) is 13.1 Å². The Morgan fingerprint density at radius 2 is 2.08 bits per heavy atom. The number of likely N-dealkylation sites (N-methyl/N-ethyl adjacent to an activating group) is 1. The molecule has 0 bridgehead atoms. The minimum atomic E-state index is 0.324. The zero-order chi connectivity index (χ0) is 9.52. The molecular formula is C9H21N3O. The first kappa shape index (κ1) is 10.9. The smallest absolute Gasteiger partial charge is 0.0618 e. The Labute approximate surface area is 80.4 Å². The molecule has 2 aliphatic heterocycles. The van der Waals surface area contributed by atoms with Crippen molar-refractivity contribution in [1.82, 2.24) is 10.2 Å². The van der Waals surface area contributed by atoms with E-state index in [9.17, 15) is 0 Å². The summed E-state index contributed by atoms with van der Waals surface area (Å²) in [6, 6.07) is 0.324. The van der Waals surface area contributed by atoms with Crippen molar-refractivity contribution in [1.29, 1.82) is 0 Å². The predicted molar refractivity (Wildman–Crippen MR) is 53.8 cm³/mol. The van der Waals surface area contributed by atoms with Gasteiger partial charge in [-0.2, -0.15) is 0 Å². The van der Waals surface area contributed by atoms with Crippen molar-refractivity contribution in [2.75, 3.05) is 46.4 Å². The summed E-state index contributed by atoms with van der Waals surface area (Å²) in [4.78, 5) is 2.33. The highest BCUT2D eigenvalue weighted by molar-refractivity contribution is 4.64. The molecule has 3 N–H and O–H groups in total. The highest BCUT2D eigenvalue weighted by Crippen LogP contribution is 1.98. The average Bonchev–Trinajstić information content (AvgIpc) is 2.58. The van der Waals surface area contributed by atoms with Gasteiger partial charge in [-0.25, -0.2) is 0 Å². The second-order valence-electron chi connectivity index (χ2n) is 3.68. The second kappa shape index (κ2) is 6.32. The van der Waals surface area contributed by atoms with Gasteiger partial charge in [-0.15, -0.1) is 0 Å². The van der Waals surface area contributed by atoms with Gasteiger partial charge >= 0.3 is 0 Å². The van der Waals surface area contributed by atoms with Crippen LogP contribution in [-0.2, 0) is 4.74 Å². The number of rotatable bonds is 0. The molecule has 0 saturated carbocycles. The zero-order valence-corrected chi connectivity index (χ0v) is 8.46. The molecule has 78 valence electrons. The lowest BCUT2D eigenvalue weighted by Gasteiger charge is -2.21. The van der Waals surface area contributed by atoms with Gasteiger partial charge in [-0.1, -0.05) is 0 Å². The molecule has 2 heterocycles. The summed E-state index contributed by atoms with van der Waals surface area (Å²) in [6.45, 7) is 6.37. The maximum Gasteiger partial charge on any atom is 0.0618 e. The van der Waals surface area contributed by atoms with Crippen molar-refractivity contribution in [2.24, 2.45) is 5.73 Å². The van der Waals surface area contributed by atoms with Crippen molar-refractivity contribution >= 4 is 0 Å². The fourth-order valence-electron chi connectivity index (χ4n) is 1.33. The van der Waals surface area contributed by atoms with Crippen molar-refractivity contribution < 1.29 is 4.74 Å². The molecule has 0 spiro atoms. The number of ether oxygens (including phenoxy) is 1. The molecule has 0 radical (unpaired) electrons. The summed E-state index contributed by atoms with van der Waals surface area (Å²) in [6.07, 6.45) is 1.04. The van der Waals surface area contributed by atoms with Crippen molar-refractivity contribution in [3.05, 3.63) is 0 Å². The van der Waals surface area contributed by atoms with Crippen LogP contribution in [0.1, 0.15) is 6.42 Å². The largest absolute Gasteiger partial charge is 0.380 e. The third-order valence-electron chi connectivity index (χ3n) is 2.31. The molecule has 0 aromatic heterocycles. The van der Waals surface area contributed by atoms with E-state index in [4.69, 9.17) is 10.5 Å². The van der Waals surface area contributed by atoms with Gasteiger partial charge in [0, 0.05) is 38.8 Å². The summed E-state index contributed by atoms with van der Waals surface area (Å²) in [5.74, 6) is 0. The Kier molecular flexibility index (Phi) is 5.31. The molecule has 1 atom stereocenters. The van der Waals surface area contributed by atoms with Gasteiger partial charge in [0.15, 0.2) is 0 Å². The Hall–Kier alpha value is -0.160. The average molecular weight is 187 g/mol. The lowest BCUT2D eigenvalue weighted by molar-refractivity contribution is 0.194. The van der Waals surface area contributed by atoms with Crippen LogP contribution in [0.2, 0.25) is 0 Å². The highest BCUT2D eigenvalue weighted by atomic mass is 16.5. The number of nitrogens with one attached hydrogen (secondary N) is 1. The quantitative estimate of drug-likeness (QED) is 0.524. The molecular weight excluding hydrogens is 166 g/mol. The van der Waals surface area contributed by atoms with Gasteiger partial charge in [-0.3, -0.25) is 0 Å². The molecule has 13 heavy (non-hydrogen) atoms. The van der Waals surface area contributed by atoms with E-state index < -0.39 is 0 Å². The van der Waals surface area contributed by atoms with Crippen molar-refractivity contribution in [3.8, 4) is 0 Å². The Morgan fingerprint density at radius 1 is 1.38 bits per heavy atom. The molecule has 0 aromatic rings. The van der Waals surface area contributed by atoms with Crippen LogP contribution in [-0.4, -0.2) is 57.4 Å². The first-order chi connectivity index (χ1) is 6.29. The van der Waals surface area contributed by atoms with E-state index in [-0.39, 0.29) is 0 Å². The summed E-state index contributed by atoms with van der Waals surface area (Å²) in [7, 11) is 2.15. The van der Waals surface area contributed by atoms with Gasteiger partial charge in [0.05, 0.1) is 6.61 Å². The van der Waals surface area contributed by atoms with Crippen LogP contribution in [0, 0.1) is 0 Å².